The van der Waals surface area contributed by atoms with Gasteiger partial charge in [-0.05, 0) is 43.7 Å². The van der Waals surface area contributed by atoms with Gasteiger partial charge in [-0.15, -0.1) is 0 Å². The smallest absolute Gasteiger partial charge is 0.256 e. The highest BCUT2D eigenvalue weighted by Crippen LogP contribution is 2.37. The van der Waals surface area contributed by atoms with Crippen molar-refractivity contribution in [3.63, 3.8) is 0 Å². The van der Waals surface area contributed by atoms with Gasteiger partial charge in [-0.3, -0.25) is 9.59 Å². The lowest BCUT2D eigenvalue weighted by atomic mass is 9.85. The Morgan fingerprint density at radius 3 is 1.85 bits per heavy atom. The quantitative estimate of drug-likeness (QED) is 0.564. The Bertz CT molecular complexity index is 1050. The zero-order valence-corrected chi connectivity index (χ0v) is 15.2. The van der Waals surface area contributed by atoms with Gasteiger partial charge >= 0.3 is 0 Å². The summed E-state index contributed by atoms with van der Waals surface area (Å²) in [7, 11) is 1.50. The molecule has 0 saturated carbocycles. The normalized spacial score (nSPS) is 11.0. The number of hydrogen-bond acceptors (Lipinski definition) is 5. The Morgan fingerprint density at radius 2 is 1.41 bits per heavy atom. The molecule has 1 aromatic carbocycles. The molecule has 0 aliphatic heterocycles. The fourth-order valence-electron chi connectivity index (χ4n) is 3.22. The molecular weight excluding hydrogens is 348 g/mol. The number of rotatable bonds is 4. The molecule has 0 fully saturated rings. The molecule has 3 rings (SSSR count). The van der Waals surface area contributed by atoms with Gasteiger partial charge in [-0.2, -0.15) is 0 Å². The Morgan fingerprint density at radius 1 is 0.889 bits per heavy atom. The molecule has 27 heavy (non-hydrogen) atoms. The largest absolute Gasteiger partial charge is 0.507 e. The van der Waals surface area contributed by atoms with Crippen LogP contribution >= 0.6 is 0 Å². The number of ether oxygens (including phenoxy) is 1. The van der Waals surface area contributed by atoms with E-state index in [-0.39, 0.29) is 22.6 Å². The highest BCUT2D eigenvalue weighted by molar-refractivity contribution is 5.52. The maximum Gasteiger partial charge on any atom is 0.256 e. The van der Waals surface area contributed by atoms with Gasteiger partial charge < -0.3 is 24.9 Å². The van der Waals surface area contributed by atoms with Gasteiger partial charge in [0.05, 0.1) is 24.2 Å². The second-order valence-corrected chi connectivity index (χ2v) is 6.37. The summed E-state index contributed by atoms with van der Waals surface area (Å²) < 4.78 is 5.24. The van der Waals surface area contributed by atoms with E-state index in [1.165, 1.54) is 19.2 Å². The minimum absolute atomic E-state index is 0.0292. The van der Waals surface area contributed by atoms with Crippen LogP contribution in [0.3, 0.4) is 0 Å². The Hall–Kier alpha value is -3.48. The molecule has 2 aromatic heterocycles. The molecule has 2 heterocycles. The number of aryl methyl sites for hydroxylation is 2. The number of pyridine rings is 2. The number of aromatic nitrogens is 2. The van der Waals surface area contributed by atoms with Crippen molar-refractivity contribution < 1.29 is 14.9 Å². The third-order valence-corrected chi connectivity index (χ3v) is 4.37. The third kappa shape index (κ3) is 3.44. The number of methoxy groups -OCH3 is 1. The van der Waals surface area contributed by atoms with Crippen LogP contribution in [0.4, 0.5) is 0 Å². The number of benzene rings is 1. The summed E-state index contributed by atoms with van der Waals surface area (Å²) in [6, 6.07) is 9.60. The van der Waals surface area contributed by atoms with Gasteiger partial charge in [-0.25, -0.2) is 0 Å². The first-order valence-electron chi connectivity index (χ1n) is 8.31. The predicted octanol–water partition coefficient (Wildman–Crippen LogP) is 2.28. The van der Waals surface area contributed by atoms with Crippen LogP contribution in [0.2, 0.25) is 0 Å². The van der Waals surface area contributed by atoms with Crippen LogP contribution in [0.25, 0.3) is 0 Å². The molecule has 0 radical (unpaired) electrons. The lowest BCUT2D eigenvalue weighted by Crippen LogP contribution is -2.24. The van der Waals surface area contributed by atoms with Crippen molar-refractivity contribution in [2.75, 3.05) is 7.11 Å². The van der Waals surface area contributed by atoms with Gasteiger partial charge in [0.25, 0.3) is 11.1 Å². The van der Waals surface area contributed by atoms with Crippen molar-refractivity contribution in [3.8, 4) is 17.2 Å². The average molecular weight is 368 g/mol. The number of aromatic hydroxyl groups is 2. The SMILES string of the molecule is COc1cccc(C(c2c(O)cc(C)[nH]c2=O)c2c(O)cc(C)[nH]c2=O)c1. The van der Waals surface area contributed by atoms with E-state index in [2.05, 4.69) is 9.97 Å². The highest BCUT2D eigenvalue weighted by atomic mass is 16.5. The van der Waals surface area contributed by atoms with Crippen LogP contribution in [0, 0.1) is 13.8 Å². The number of aromatic amines is 2. The van der Waals surface area contributed by atoms with Gasteiger partial charge in [0.1, 0.15) is 17.2 Å². The molecule has 0 atom stereocenters. The second kappa shape index (κ2) is 7.03. The molecule has 0 aliphatic carbocycles. The fraction of sp³-hybridized carbons (Fsp3) is 0.200. The molecular formula is C20H20N2O5. The van der Waals surface area contributed by atoms with Gasteiger partial charge in [0, 0.05) is 11.4 Å². The average Bonchev–Trinajstić information content (AvgIpc) is 2.58. The first kappa shape index (κ1) is 18.3. The molecule has 0 aliphatic rings. The maximum atomic E-state index is 12.7. The van der Waals surface area contributed by atoms with Crippen molar-refractivity contribution in [1.29, 1.82) is 0 Å². The van der Waals surface area contributed by atoms with Crippen molar-refractivity contribution in [3.05, 3.63) is 85.2 Å². The van der Waals surface area contributed by atoms with Crippen LogP contribution in [-0.2, 0) is 0 Å². The number of nitrogens with one attached hydrogen (secondary N) is 2. The molecule has 3 aromatic rings. The maximum absolute atomic E-state index is 12.7. The first-order chi connectivity index (χ1) is 12.8. The molecule has 0 unspecified atom stereocenters. The van der Waals surface area contributed by atoms with Crippen molar-refractivity contribution >= 4 is 0 Å². The van der Waals surface area contributed by atoms with E-state index in [0.29, 0.717) is 22.7 Å². The fourth-order valence-corrected chi connectivity index (χ4v) is 3.22. The lowest BCUT2D eigenvalue weighted by Gasteiger charge is -2.20. The molecule has 140 valence electrons. The Kier molecular flexibility index (Phi) is 4.77. The minimum Gasteiger partial charge on any atom is -0.507 e. The van der Waals surface area contributed by atoms with Crippen LogP contribution in [0.15, 0.2) is 46.0 Å². The van der Waals surface area contributed by atoms with Gasteiger partial charge in [0.15, 0.2) is 0 Å². The molecule has 7 nitrogen and oxygen atoms in total. The van der Waals surface area contributed by atoms with Crippen LogP contribution in [-0.4, -0.2) is 27.3 Å². The van der Waals surface area contributed by atoms with E-state index < -0.39 is 17.0 Å². The van der Waals surface area contributed by atoms with E-state index in [1.807, 2.05) is 0 Å². The zero-order valence-electron chi connectivity index (χ0n) is 15.2. The Labute approximate surface area is 154 Å². The van der Waals surface area contributed by atoms with E-state index in [1.54, 1.807) is 38.1 Å². The summed E-state index contributed by atoms with van der Waals surface area (Å²) >= 11 is 0. The Balaban J connectivity index is 2.39. The molecule has 0 spiro atoms. The summed E-state index contributed by atoms with van der Waals surface area (Å²) in [5, 5.41) is 21.0. The molecule has 0 amide bonds. The standard InChI is InChI=1S/C20H20N2O5/c1-10-7-14(23)17(19(25)21-10)16(12-5-4-6-13(9-12)27-3)18-15(24)8-11(2)22-20(18)26/h4-9,16H,1-3H3,(H2,21,23,25)(H2,22,24,26). The number of H-pyrrole nitrogens is 2. The zero-order chi connectivity index (χ0) is 19.7. The minimum atomic E-state index is -0.992. The number of hydrogen-bond donors (Lipinski definition) is 4. The summed E-state index contributed by atoms with van der Waals surface area (Å²) in [4.78, 5) is 30.6. The molecule has 7 heteroatoms. The van der Waals surface area contributed by atoms with Crippen molar-refractivity contribution in [1.82, 2.24) is 9.97 Å². The molecule has 0 saturated heterocycles. The van der Waals surface area contributed by atoms with Crippen molar-refractivity contribution in [2.45, 2.75) is 19.8 Å². The van der Waals surface area contributed by atoms with Crippen LogP contribution in [0.5, 0.6) is 17.2 Å². The van der Waals surface area contributed by atoms with E-state index >= 15 is 0 Å². The topological polar surface area (TPSA) is 115 Å². The summed E-state index contributed by atoms with van der Waals surface area (Å²) in [6.45, 7) is 3.28. The summed E-state index contributed by atoms with van der Waals surface area (Å²) in [5.41, 5.74) is 0.334. The highest BCUT2D eigenvalue weighted by Gasteiger charge is 2.29. The molecule has 0 bridgehead atoms. The van der Waals surface area contributed by atoms with E-state index in [0.717, 1.165) is 0 Å². The first-order valence-corrected chi connectivity index (χ1v) is 8.31. The van der Waals surface area contributed by atoms with Crippen LogP contribution < -0.4 is 15.9 Å². The lowest BCUT2D eigenvalue weighted by molar-refractivity contribution is 0.414. The summed E-state index contributed by atoms with van der Waals surface area (Å²) in [6.07, 6.45) is 0. The van der Waals surface area contributed by atoms with Crippen molar-refractivity contribution in [2.24, 2.45) is 0 Å². The van der Waals surface area contributed by atoms with Gasteiger partial charge in [0.2, 0.25) is 0 Å². The van der Waals surface area contributed by atoms with Gasteiger partial charge in [-0.1, -0.05) is 12.1 Å². The second-order valence-electron chi connectivity index (χ2n) is 6.37. The predicted molar refractivity (Wildman–Crippen MR) is 101 cm³/mol. The van der Waals surface area contributed by atoms with E-state index in [4.69, 9.17) is 4.74 Å². The van der Waals surface area contributed by atoms with E-state index in [9.17, 15) is 19.8 Å². The molecule has 4 N–H and O–H groups in total. The third-order valence-electron chi connectivity index (χ3n) is 4.37. The summed E-state index contributed by atoms with van der Waals surface area (Å²) in [5.74, 6) is -0.996. The monoisotopic (exact) mass is 368 g/mol. The van der Waals surface area contributed by atoms with Crippen LogP contribution in [0.1, 0.15) is 34.0 Å².